The summed E-state index contributed by atoms with van der Waals surface area (Å²) in [4.78, 5) is 21.7. The van der Waals surface area contributed by atoms with E-state index in [9.17, 15) is 31.6 Å². The van der Waals surface area contributed by atoms with Crippen LogP contribution in [0.5, 0.6) is 0 Å². The number of nitriles is 6. The second-order valence-corrected chi connectivity index (χ2v) is 23.8. The van der Waals surface area contributed by atoms with E-state index in [0.29, 0.717) is 50.2 Å². The number of rotatable bonds is 10. The van der Waals surface area contributed by atoms with Gasteiger partial charge in [-0.1, -0.05) is 194 Å². The van der Waals surface area contributed by atoms with Crippen molar-refractivity contribution in [3.05, 3.63) is 301 Å². The van der Waals surface area contributed by atoms with Crippen molar-refractivity contribution >= 4 is 65.6 Å². The molecule has 0 unspecified atom stereocenters. The SMILES string of the molecule is N#Cc1cc(C#N)c(-c2cnc(-c3c(-c4ncc(-c5c(C#N)cc(C#N)cc5C#N)cn4)c(-n4c5ccccc5c5ccccc54)c4c(oc5c(-c6ccccc6)c(-c6ccccc6)c(-c6ccccc6)c(-c6ccccc6)c54)c3-n3c4ccccc4c4ccccc43)nc2)c(C#N)c1. The summed E-state index contributed by atoms with van der Waals surface area (Å²) in [5.74, 6) is 0.349. The summed E-state index contributed by atoms with van der Waals surface area (Å²) < 4.78 is 12.8. The van der Waals surface area contributed by atoms with Gasteiger partial charge in [0.15, 0.2) is 17.2 Å². The first-order valence-corrected chi connectivity index (χ1v) is 31.7. The summed E-state index contributed by atoms with van der Waals surface area (Å²) in [7, 11) is 0. The Balaban J connectivity index is 1.19. The molecule has 5 aromatic heterocycles. The van der Waals surface area contributed by atoms with Gasteiger partial charge >= 0.3 is 0 Å². The third-order valence-corrected chi connectivity index (χ3v) is 18.5. The molecule has 99 heavy (non-hydrogen) atoms. The summed E-state index contributed by atoms with van der Waals surface area (Å²) in [6.07, 6.45) is 6.39. The number of nitrogens with zero attached hydrogens (tertiary/aromatic N) is 12. The van der Waals surface area contributed by atoms with Crippen molar-refractivity contribution in [2.45, 2.75) is 0 Å². The minimum Gasteiger partial charge on any atom is -0.453 e. The molecule has 0 fully saturated rings. The Hall–Kier alpha value is -14.9. The van der Waals surface area contributed by atoms with Crippen molar-refractivity contribution in [1.29, 1.82) is 31.6 Å². The van der Waals surface area contributed by atoms with Crippen LogP contribution in [0.3, 0.4) is 0 Å². The topological polar surface area (TPSA) is 217 Å². The zero-order valence-corrected chi connectivity index (χ0v) is 52.2. The van der Waals surface area contributed by atoms with Crippen LogP contribution < -0.4 is 0 Å². The van der Waals surface area contributed by atoms with Gasteiger partial charge in [-0.2, -0.15) is 31.6 Å². The molecule has 0 spiro atoms. The molecule has 0 N–H and O–H groups in total. The van der Waals surface area contributed by atoms with Crippen molar-refractivity contribution in [2.24, 2.45) is 0 Å². The molecule has 17 aromatic rings. The molecule has 12 aromatic carbocycles. The third kappa shape index (κ3) is 9.11. The number of furan rings is 1. The predicted octanol–water partition coefficient (Wildman–Crippen LogP) is 19.9. The highest BCUT2D eigenvalue weighted by atomic mass is 16.3. The Morgan fingerprint density at radius 2 is 0.566 bits per heavy atom. The van der Waals surface area contributed by atoms with E-state index < -0.39 is 0 Å². The van der Waals surface area contributed by atoms with Gasteiger partial charge in [-0.25, -0.2) is 19.9 Å². The fraction of sp³-hybridized carbons (Fsp3) is 0. The van der Waals surface area contributed by atoms with Crippen LogP contribution >= 0.6 is 0 Å². The lowest BCUT2D eigenvalue weighted by atomic mass is 9.80. The lowest BCUT2D eigenvalue weighted by molar-refractivity contribution is 0.667. The van der Waals surface area contributed by atoms with Crippen LogP contribution in [0, 0.1) is 68.0 Å². The van der Waals surface area contributed by atoms with Gasteiger partial charge in [-0.05, 0) is 76.3 Å². The Labute approximate surface area is 565 Å². The Morgan fingerprint density at radius 3 is 0.919 bits per heavy atom. The first kappa shape index (κ1) is 58.0. The molecular weight excluding hydrogens is 1220 g/mol. The van der Waals surface area contributed by atoms with Gasteiger partial charge < -0.3 is 13.6 Å². The Morgan fingerprint density at radius 1 is 0.263 bits per heavy atom. The van der Waals surface area contributed by atoms with Gasteiger partial charge in [0.2, 0.25) is 0 Å². The summed E-state index contributed by atoms with van der Waals surface area (Å²) in [6, 6.07) is 93.7. The molecule has 13 heteroatoms. The summed E-state index contributed by atoms with van der Waals surface area (Å²) >= 11 is 0. The number of hydrogen-bond donors (Lipinski definition) is 0. The predicted molar refractivity (Wildman–Crippen MR) is 385 cm³/mol. The van der Waals surface area contributed by atoms with Crippen LogP contribution in [0.2, 0.25) is 0 Å². The molecule has 0 aliphatic heterocycles. The number of fused-ring (bicyclic) bond motifs is 9. The average Bonchev–Trinajstić information content (AvgIpc) is 1.54. The molecule has 0 atom stereocenters. The van der Waals surface area contributed by atoms with Gasteiger partial charge in [0.1, 0.15) is 11.3 Å². The average molecular weight is 1260 g/mol. The molecule has 0 bridgehead atoms. The fourth-order valence-corrected chi connectivity index (χ4v) is 14.5. The molecule has 0 radical (unpaired) electrons. The molecule has 0 aliphatic carbocycles. The first-order valence-electron chi connectivity index (χ1n) is 31.7. The second-order valence-electron chi connectivity index (χ2n) is 23.8. The van der Waals surface area contributed by atoms with Crippen molar-refractivity contribution in [3.63, 3.8) is 0 Å². The normalized spacial score (nSPS) is 11.2. The molecule has 5 heterocycles. The lowest BCUT2D eigenvalue weighted by Gasteiger charge is -2.24. The van der Waals surface area contributed by atoms with Gasteiger partial charge in [-0.15, -0.1) is 0 Å². The first-order chi connectivity index (χ1) is 48.9. The largest absolute Gasteiger partial charge is 0.453 e. The standard InChI is InChI=1S/C86H44N12O/c87-41-51-37-57(43-89)71(58(38-51)44-90)61-47-93-85(94-48-61)79-80(86-95-49-62(50-96-86)72-59(45-91)39-52(42-88)40-60(72)46-92)82(98-69-35-19-15-31-65(69)66-32-16-20-36-70(66)98)84-78(81(79)97-67-33-17-13-29-63(67)64-30-14-18-34-68(64)97)77-75(55-25-9-3-10-26-55)73(53-21-5-1-6-22-53)74(54-23-7-2-8-24-54)76(83(77)99-84)56-27-11-4-12-28-56/h1-40,47-50H. The van der Waals surface area contributed by atoms with E-state index in [2.05, 4.69) is 179 Å². The van der Waals surface area contributed by atoms with E-state index in [1.165, 1.54) is 24.3 Å². The minimum absolute atomic E-state index is 0.0917. The van der Waals surface area contributed by atoms with Crippen LogP contribution in [0.1, 0.15) is 33.4 Å². The highest BCUT2D eigenvalue weighted by molar-refractivity contribution is 6.30. The van der Waals surface area contributed by atoms with Crippen molar-refractivity contribution < 1.29 is 4.42 Å². The molecule has 13 nitrogen and oxygen atoms in total. The van der Waals surface area contributed by atoms with E-state index >= 15 is 0 Å². The minimum atomic E-state index is 0.0917. The van der Waals surface area contributed by atoms with Gasteiger partial charge in [0.25, 0.3) is 0 Å². The zero-order valence-electron chi connectivity index (χ0n) is 52.2. The molecule has 17 rings (SSSR count). The summed E-state index contributed by atoms with van der Waals surface area (Å²) in [6.45, 7) is 0. The fourth-order valence-electron chi connectivity index (χ4n) is 14.5. The quantitative estimate of drug-likeness (QED) is 0.125. The van der Waals surface area contributed by atoms with Crippen molar-refractivity contribution in [1.82, 2.24) is 29.1 Å². The molecular formula is C86H44N12O. The van der Waals surface area contributed by atoms with Gasteiger partial charge in [0, 0.05) is 90.7 Å². The third-order valence-electron chi connectivity index (χ3n) is 18.5. The number of benzene rings is 12. The highest BCUT2D eigenvalue weighted by Crippen LogP contribution is 2.58. The van der Waals surface area contributed by atoms with E-state index in [1.54, 1.807) is 24.8 Å². The van der Waals surface area contributed by atoms with Crippen LogP contribution in [-0.2, 0) is 0 Å². The smallest absolute Gasteiger partial charge is 0.162 e. The van der Waals surface area contributed by atoms with Crippen LogP contribution in [0.4, 0.5) is 0 Å². The van der Waals surface area contributed by atoms with Crippen LogP contribution in [-0.4, -0.2) is 29.1 Å². The van der Waals surface area contributed by atoms with Crippen LogP contribution in [0.15, 0.2) is 272 Å². The molecule has 0 amide bonds. The van der Waals surface area contributed by atoms with Crippen LogP contribution in [0.25, 0.3) is 166 Å². The summed E-state index contributed by atoms with van der Waals surface area (Å²) in [5.41, 5.74) is 15.4. The Bertz CT molecular complexity index is 6330. The number of hydrogen-bond acceptors (Lipinski definition) is 11. The van der Waals surface area contributed by atoms with Crippen molar-refractivity contribution in [3.8, 4) is 137 Å². The zero-order chi connectivity index (χ0) is 66.8. The lowest BCUT2D eigenvalue weighted by Crippen LogP contribution is -2.09. The van der Waals surface area contributed by atoms with E-state index in [0.717, 1.165) is 93.5 Å². The van der Waals surface area contributed by atoms with Gasteiger partial charge in [0.05, 0.1) is 114 Å². The Kier molecular flexibility index (Phi) is 13.8. The summed E-state index contributed by atoms with van der Waals surface area (Å²) in [5, 5.41) is 68.2. The maximum Gasteiger partial charge on any atom is 0.162 e. The number of para-hydroxylation sites is 4. The molecule has 454 valence electrons. The maximum atomic E-state index is 10.7. The monoisotopic (exact) mass is 1260 g/mol. The maximum absolute atomic E-state index is 10.7. The molecule has 0 aliphatic rings. The van der Waals surface area contributed by atoms with Crippen molar-refractivity contribution in [2.75, 3.05) is 0 Å². The van der Waals surface area contributed by atoms with E-state index in [-0.39, 0.29) is 56.2 Å². The second kappa shape index (κ2) is 23.6. The van der Waals surface area contributed by atoms with E-state index in [4.69, 9.17) is 24.4 Å². The van der Waals surface area contributed by atoms with Gasteiger partial charge in [-0.3, -0.25) is 0 Å². The molecule has 0 saturated heterocycles. The van der Waals surface area contributed by atoms with E-state index in [1.807, 2.05) is 84.9 Å². The highest BCUT2D eigenvalue weighted by Gasteiger charge is 2.37. The number of aromatic nitrogens is 6. The molecule has 0 saturated carbocycles.